The zero-order chi connectivity index (χ0) is 46.4. The third kappa shape index (κ3) is 49.0. The molecule has 0 fully saturated rings. The largest absolute Gasteiger partial charge is 0.756 e. The van der Waals surface area contributed by atoms with Gasteiger partial charge in [-0.2, -0.15) is 0 Å². The standard InChI is InChI=1S/C54H109N2O6P/c1-6-8-10-12-14-16-18-20-21-22-23-24-25-26-27-28-29-30-31-32-33-34-35-36-37-39-41-43-45-47-53(57)52(51-62-63(59,60)61-50-49-56(3,4)5)55-54(58)48-46-44-42-40-38-19-17-15-13-11-9-7-2/h15,17,52-53,57H,6-14,16,18-51H2,1-5H3,(H-,55,58,59,60)/b17-15-. The van der Waals surface area contributed by atoms with Gasteiger partial charge in [0.1, 0.15) is 13.2 Å². The highest BCUT2D eigenvalue weighted by Crippen LogP contribution is 2.38. The molecule has 0 aliphatic carbocycles. The number of aliphatic hydroxyl groups excluding tert-OH is 1. The van der Waals surface area contributed by atoms with E-state index in [9.17, 15) is 19.4 Å². The van der Waals surface area contributed by atoms with E-state index in [1.807, 2.05) is 21.1 Å². The van der Waals surface area contributed by atoms with Crippen LogP contribution in [0.1, 0.15) is 277 Å². The summed E-state index contributed by atoms with van der Waals surface area (Å²) >= 11 is 0. The Bertz CT molecular complexity index is 1040. The highest BCUT2D eigenvalue weighted by molar-refractivity contribution is 7.45. The van der Waals surface area contributed by atoms with Crippen LogP contribution in [-0.4, -0.2) is 68.5 Å². The zero-order valence-electron chi connectivity index (χ0n) is 42.8. The van der Waals surface area contributed by atoms with Crippen LogP contribution in [0.5, 0.6) is 0 Å². The van der Waals surface area contributed by atoms with Gasteiger partial charge in [0, 0.05) is 6.42 Å². The molecule has 0 aliphatic heterocycles. The van der Waals surface area contributed by atoms with Gasteiger partial charge in [-0.3, -0.25) is 9.36 Å². The first-order valence-electron chi connectivity index (χ1n) is 27.5. The molecule has 0 saturated carbocycles. The van der Waals surface area contributed by atoms with Crippen molar-refractivity contribution in [1.29, 1.82) is 0 Å². The Morgan fingerprint density at radius 1 is 0.540 bits per heavy atom. The number of carbonyl (C=O) groups excluding carboxylic acids is 1. The van der Waals surface area contributed by atoms with E-state index in [-0.39, 0.29) is 19.1 Å². The molecular formula is C54H109N2O6P. The molecule has 376 valence electrons. The first-order valence-corrected chi connectivity index (χ1v) is 29.0. The number of quaternary nitrogens is 1. The molecule has 0 aliphatic rings. The van der Waals surface area contributed by atoms with Gasteiger partial charge in [-0.1, -0.05) is 244 Å². The molecular weight excluding hydrogens is 804 g/mol. The Morgan fingerprint density at radius 2 is 0.873 bits per heavy atom. The molecule has 1 amide bonds. The fourth-order valence-corrected chi connectivity index (χ4v) is 9.11. The van der Waals surface area contributed by atoms with Crippen LogP contribution >= 0.6 is 7.82 Å². The molecule has 0 saturated heterocycles. The van der Waals surface area contributed by atoms with Crippen LogP contribution in [0.25, 0.3) is 0 Å². The van der Waals surface area contributed by atoms with E-state index in [0.29, 0.717) is 23.9 Å². The lowest BCUT2D eigenvalue weighted by Gasteiger charge is -2.30. The van der Waals surface area contributed by atoms with Gasteiger partial charge in [0.25, 0.3) is 7.82 Å². The minimum absolute atomic E-state index is 0.0127. The predicted octanol–water partition coefficient (Wildman–Crippen LogP) is 15.6. The van der Waals surface area contributed by atoms with Crippen molar-refractivity contribution in [2.24, 2.45) is 0 Å². The van der Waals surface area contributed by atoms with Gasteiger partial charge in [0.2, 0.25) is 5.91 Å². The number of hydrogen-bond acceptors (Lipinski definition) is 6. The smallest absolute Gasteiger partial charge is 0.268 e. The quantitative estimate of drug-likeness (QED) is 0.0272. The summed E-state index contributed by atoms with van der Waals surface area (Å²) in [6, 6.07) is -0.801. The van der Waals surface area contributed by atoms with E-state index < -0.39 is 20.0 Å². The molecule has 0 aromatic rings. The van der Waals surface area contributed by atoms with Crippen LogP contribution in [0.3, 0.4) is 0 Å². The second-order valence-electron chi connectivity index (χ2n) is 20.3. The molecule has 3 atom stereocenters. The molecule has 0 spiro atoms. The number of aliphatic hydroxyl groups is 1. The molecule has 0 aromatic carbocycles. The fourth-order valence-electron chi connectivity index (χ4n) is 8.39. The average Bonchev–Trinajstić information content (AvgIpc) is 3.24. The van der Waals surface area contributed by atoms with Gasteiger partial charge in [0.15, 0.2) is 0 Å². The maximum absolute atomic E-state index is 12.9. The molecule has 3 unspecified atom stereocenters. The topological polar surface area (TPSA) is 108 Å². The van der Waals surface area contributed by atoms with Gasteiger partial charge in [0.05, 0.1) is 39.9 Å². The average molecular weight is 913 g/mol. The summed E-state index contributed by atoms with van der Waals surface area (Å²) in [5.74, 6) is -0.171. The van der Waals surface area contributed by atoms with E-state index in [1.54, 1.807) is 0 Å². The van der Waals surface area contributed by atoms with Crippen molar-refractivity contribution < 1.29 is 32.9 Å². The number of unbranched alkanes of at least 4 members (excludes halogenated alkanes) is 36. The van der Waals surface area contributed by atoms with E-state index in [2.05, 4.69) is 31.3 Å². The van der Waals surface area contributed by atoms with Gasteiger partial charge in [-0.15, -0.1) is 0 Å². The highest BCUT2D eigenvalue weighted by Gasteiger charge is 2.24. The molecule has 9 heteroatoms. The van der Waals surface area contributed by atoms with Crippen molar-refractivity contribution in [2.45, 2.75) is 289 Å². The lowest BCUT2D eigenvalue weighted by molar-refractivity contribution is -0.870. The van der Waals surface area contributed by atoms with Crippen molar-refractivity contribution >= 4 is 13.7 Å². The van der Waals surface area contributed by atoms with Crippen molar-refractivity contribution in [2.75, 3.05) is 40.9 Å². The summed E-state index contributed by atoms with van der Waals surface area (Å²) in [6.45, 7) is 4.72. The minimum atomic E-state index is -4.57. The number of phosphoric acid groups is 1. The third-order valence-corrected chi connectivity index (χ3v) is 13.7. The Hall–Kier alpha value is -0.760. The molecule has 0 rings (SSSR count). The molecule has 0 bridgehead atoms. The number of allylic oxidation sites excluding steroid dienone is 2. The first-order chi connectivity index (χ1) is 30.5. The number of phosphoric ester groups is 1. The Kier molecular flexibility index (Phi) is 45.8. The lowest BCUT2D eigenvalue weighted by Crippen LogP contribution is -2.46. The second kappa shape index (κ2) is 46.4. The van der Waals surface area contributed by atoms with Crippen molar-refractivity contribution in [3.63, 3.8) is 0 Å². The van der Waals surface area contributed by atoms with Crippen molar-refractivity contribution in [3.05, 3.63) is 12.2 Å². The van der Waals surface area contributed by atoms with Gasteiger partial charge < -0.3 is 28.8 Å². The van der Waals surface area contributed by atoms with E-state index in [1.165, 1.54) is 199 Å². The van der Waals surface area contributed by atoms with Gasteiger partial charge in [-0.05, 0) is 38.5 Å². The molecule has 0 radical (unpaired) electrons. The molecule has 0 aromatic heterocycles. The maximum atomic E-state index is 12.9. The molecule has 0 heterocycles. The van der Waals surface area contributed by atoms with Crippen LogP contribution in [-0.2, 0) is 18.4 Å². The van der Waals surface area contributed by atoms with Crippen molar-refractivity contribution in [3.8, 4) is 0 Å². The van der Waals surface area contributed by atoms with E-state index >= 15 is 0 Å². The van der Waals surface area contributed by atoms with Gasteiger partial charge >= 0.3 is 0 Å². The number of hydrogen-bond donors (Lipinski definition) is 2. The molecule has 8 nitrogen and oxygen atoms in total. The van der Waals surface area contributed by atoms with Crippen LogP contribution in [0, 0.1) is 0 Å². The van der Waals surface area contributed by atoms with Crippen LogP contribution in [0.4, 0.5) is 0 Å². The predicted molar refractivity (Wildman–Crippen MR) is 270 cm³/mol. The fraction of sp³-hybridized carbons (Fsp3) is 0.944. The zero-order valence-corrected chi connectivity index (χ0v) is 43.7. The van der Waals surface area contributed by atoms with Crippen LogP contribution in [0.2, 0.25) is 0 Å². The Labute approximate surface area is 392 Å². The second-order valence-corrected chi connectivity index (χ2v) is 21.7. The molecule has 63 heavy (non-hydrogen) atoms. The lowest BCUT2D eigenvalue weighted by atomic mass is 10.0. The highest BCUT2D eigenvalue weighted by atomic mass is 31.2. The summed E-state index contributed by atoms with van der Waals surface area (Å²) in [5.41, 5.74) is 0. The summed E-state index contributed by atoms with van der Waals surface area (Å²) in [6.07, 6.45) is 55.4. The summed E-state index contributed by atoms with van der Waals surface area (Å²) in [5, 5.41) is 14.0. The summed E-state index contributed by atoms with van der Waals surface area (Å²) in [7, 11) is 1.31. The minimum Gasteiger partial charge on any atom is -0.756 e. The first kappa shape index (κ1) is 62.2. The summed E-state index contributed by atoms with van der Waals surface area (Å²) in [4.78, 5) is 25.4. The van der Waals surface area contributed by atoms with E-state index in [0.717, 1.165) is 51.4 Å². The van der Waals surface area contributed by atoms with Crippen LogP contribution in [0.15, 0.2) is 12.2 Å². The van der Waals surface area contributed by atoms with E-state index in [4.69, 9.17) is 9.05 Å². The summed E-state index contributed by atoms with van der Waals surface area (Å²) < 4.78 is 23.3. The number of nitrogens with one attached hydrogen (secondary N) is 1. The van der Waals surface area contributed by atoms with Gasteiger partial charge in [-0.25, -0.2) is 0 Å². The monoisotopic (exact) mass is 913 g/mol. The number of likely N-dealkylation sites (N-methyl/N-ethyl adjacent to an activating group) is 1. The normalized spacial score (nSPS) is 14.1. The number of rotatable bonds is 51. The number of amides is 1. The maximum Gasteiger partial charge on any atom is 0.268 e. The van der Waals surface area contributed by atoms with Crippen LogP contribution < -0.4 is 10.2 Å². The SMILES string of the molecule is CCCCC/C=C\CCCCCCCC(=O)NC(COP(=O)([O-])OCC[N+](C)(C)C)C(O)CCCCCCCCCCCCCCCCCCCCCCCCCCCCCCC. The Morgan fingerprint density at radius 3 is 1.27 bits per heavy atom. The third-order valence-electron chi connectivity index (χ3n) is 12.8. The number of nitrogens with zero attached hydrogens (tertiary/aromatic N) is 1. The van der Waals surface area contributed by atoms with Crippen molar-refractivity contribution in [1.82, 2.24) is 5.32 Å². The Balaban J connectivity index is 4.03. The number of carbonyl (C=O) groups is 1. The molecule has 2 N–H and O–H groups in total.